The van der Waals surface area contributed by atoms with Crippen LogP contribution in [0.2, 0.25) is 0 Å². The molecule has 2 aromatic carbocycles. The van der Waals surface area contributed by atoms with Gasteiger partial charge in [0.25, 0.3) is 5.91 Å². The molecule has 3 aromatic rings. The van der Waals surface area contributed by atoms with Gasteiger partial charge in [0.15, 0.2) is 0 Å². The van der Waals surface area contributed by atoms with Crippen molar-refractivity contribution in [3.63, 3.8) is 0 Å². The van der Waals surface area contributed by atoms with E-state index in [1.807, 2.05) is 38.1 Å². The molecule has 0 bridgehead atoms. The fourth-order valence-electron chi connectivity index (χ4n) is 3.27. The van der Waals surface area contributed by atoms with E-state index >= 15 is 0 Å². The normalized spacial score (nSPS) is 14.8. The number of aryl methyl sites for hydroxylation is 1. The molecule has 1 amide bonds. The molecule has 1 aliphatic carbocycles. The second-order valence-electron chi connectivity index (χ2n) is 7.28. The highest BCUT2D eigenvalue weighted by atomic mass is 19.1. The maximum absolute atomic E-state index is 13.3. The quantitative estimate of drug-likeness (QED) is 0.725. The summed E-state index contributed by atoms with van der Waals surface area (Å²) in [4.78, 5) is 12.9. The maximum Gasteiger partial charge on any atom is 0.255 e. The number of aromatic nitrogens is 2. The van der Waals surface area contributed by atoms with Crippen LogP contribution < -0.4 is 5.32 Å². The molecule has 0 aliphatic heterocycles. The second-order valence-corrected chi connectivity index (χ2v) is 7.28. The predicted octanol–water partition coefficient (Wildman–Crippen LogP) is 4.52. The highest BCUT2D eigenvalue weighted by Gasteiger charge is 2.30. The summed E-state index contributed by atoms with van der Waals surface area (Å²) in [7, 11) is 0. The molecule has 138 valence electrons. The van der Waals surface area contributed by atoms with Gasteiger partial charge in [-0.3, -0.25) is 4.79 Å². The summed E-state index contributed by atoms with van der Waals surface area (Å²) in [6.07, 6.45) is 4.06. The Bertz CT molecular complexity index is 973. The van der Waals surface area contributed by atoms with Crippen molar-refractivity contribution in [3.8, 4) is 16.9 Å². The molecular formula is C22H22FN3O. The van der Waals surface area contributed by atoms with E-state index in [0.717, 1.165) is 11.1 Å². The Morgan fingerprint density at radius 1 is 1.22 bits per heavy atom. The van der Waals surface area contributed by atoms with Gasteiger partial charge in [0.2, 0.25) is 0 Å². The summed E-state index contributed by atoms with van der Waals surface area (Å²) < 4.78 is 14.9. The van der Waals surface area contributed by atoms with E-state index in [9.17, 15) is 9.18 Å². The van der Waals surface area contributed by atoms with Crippen LogP contribution in [0.5, 0.6) is 0 Å². The minimum atomic E-state index is -0.305. The topological polar surface area (TPSA) is 46.9 Å². The maximum atomic E-state index is 13.3. The van der Waals surface area contributed by atoms with Crippen molar-refractivity contribution in [2.75, 3.05) is 0 Å². The van der Waals surface area contributed by atoms with Gasteiger partial charge in [-0.1, -0.05) is 23.8 Å². The largest absolute Gasteiger partial charge is 0.349 e. The number of carbonyl (C=O) groups excluding carboxylic acids is 1. The number of benzene rings is 2. The van der Waals surface area contributed by atoms with Crippen LogP contribution in [-0.2, 0) is 0 Å². The second kappa shape index (κ2) is 6.99. The third-order valence-corrected chi connectivity index (χ3v) is 5.03. The highest BCUT2D eigenvalue weighted by Crippen LogP contribution is 2.33. The number of amides is 1. The van der Waals surface area contributed by atoms with Gasteiger partial charge in [-0.15, -0.1) is 0 Å². The van der Waals surface area contributed by atoms with E-state index in [1.54, 1.807) is 23.0 Å². The first-order chi connectivity index (χ1) is 13.0. The lowest BCUT2D eigenvalue weighted by atomic mass is 10.0. The van der Waals surface area contributed by atoms with E-state index in [2.05, 4.69) is 10.4 Å². The highest BCUT2D eigenvalue weighted by molar-refractivity contribution is 6.00. The molecule has 1 aliphatic rings. The summed E-state index contributed by atoms with van der Waals surface area (Å²) in [6.45, 7) is 4.06. The van der Waals surface area contributed by atoms with E-state index in [-0.39, 0.29) is 17.8 Å². The van der Waals surface area contributed by atoms with Gasteiger partial charge in [0.1, 0.15) is 11.5 Å². The summed E-state index contributed by atoms with van der Waals surface area (Å²) >= 11 is 0. The molecule has 1 fully saturated rings. The zero-order valence-electron chi connectivity index (χ0n) is 15.4. The Balaban J connectivity index is 1.74. The fourth-order valence-corrected chi connectivity index (χ4v) is 3.27. The molecule has 0 spiro atoms. The first-order valence-corrected chi connectivity index (χ1v) is 9.25. The minimum Gasteiger partial charge on any atom is -0.349 e. The van der Waals surface area contributed by atoms with Crippen LogP contribution in [0.15, 0.2) is 54.7 Å². The third kappa shape index (κ3) is 3.77. The van der Waals surface area contributed by atoms with Crippen LogP contribution in [0.3, 0.4) is 0 Å². The smallest absolute Gasteiger partial charge is 0.255 e. The van der Waals surface area contributed by atoms with E-state index in [0.29, 0.717) is 22.9 Å². The van der Waals surface area contributed by atoms with Crippen LogP contribution >= 0.6 is 0 Å². The van der Waals surface area contributed by atoms with Crippen molar-refractivity contribution in [2.45, 2.75) is 32.7 Å². The van der Waals surface area contributed by atoms with E-state index < -0.39 is 0 Å². The van der Waals surface area contributed by atoms with Crippen molar-refractivity contribution < 1.29 is 9.18 Å². The molecule has 1 N–H and O–H groups in total. The average Bonchev–Trinajstić information content (AvgIpc) is 3.41. The third-order valence-electron chi connectivity index (χ3n) is 5.03. The zero-order valence-corrected chi connectivity index (χ0v) is 15.4. The van der Waals surface area contributed by atoms with E-state index in [4.69, 9.17) is 0 Å². The summed E-state index contributed by atoms with van der Waals surface area (Å²) in [5, 5.41) is 7.75. The molecule has 0 unspecified atom stereocenters. The molecule has 0 radical (unpaired) electrons. The zero-order chi connectivity index (χ0) is 19.0. The van der Waals surface area contributed by atoms with Gasteiger partial charge < -0.3 is 5.32 Å². The van der Waals surface area contributed by atoms with Gasteiger partial charge in [0.05, 0.1) is 11.3 Å². The lowest BCUT2D eigenvalue weighted by Gasteiger charge is -2.12. The summed E-state index contributed by atoms with van der Waals surface area (Å²) in [5.74, 6) is 0.142. The molecule has 1 aromatic heterocycles. The van der Waals surface area contributed by atoms with Crippen LogP contribution in [0, 0.1) is 18.7 Å². The van der Waals surface area contributed by atoms with Gasteiger partial charge >= 0.3 is 0 Å². The average molecular weight is 363 g/mol. The van der Waals surface area contributed by atoms with Crippen molar-refractivity contribution in [1.29, 1.82) is 0 Å². The van der Waals surface area contributed by atoms with Crippen molar-refractivity contribution >= 4 is 5.91 Å². The SMILES string of the molecule is Cc1cccc(-c2nn(-c3ccc(F)cc3)cc2C(=O)N[C@@H](C)C2CC2)c1. The monoisotopic (exact) mass is 363 g/mol. The lowest BCUT2D eigenvalue weighted by Crippen LogP contribution is -2.34. The standard InChI is InChI=1S/C22H22FN3O/c1-14-4-3-5-17(12-14)21-20(22(27)24-15(2)16-6-7-16)13-26(25-21)19-10-8-18(23)9-11-19/h3-5,8-13,15-16H,6-7H2,1-2H3,(H,24,27)/t15-/m0/s1. The van der Waals surface area contributed by atoms with Gasteiger partial charge in [-0.2, -0.15) is 5.10 Å². The Hall–Kier alpha value is -2.95. The molecule has 4 rings (SSSR count). The number of hydrogen-bond acceptors (Lipinski definition) is 2. The Morgan fingerprint density at radius 3 is 2.63 bits per heavy atom. The first-order valence-electron chi connectivity index (χ1n) is 9.25. The molecule has 0 saturated heterocycles. The molecule has 1 atom stereocenters. The van der Waals surface area contributed by atoms with E-state index in [1.165, 1.54) is 25.0 Å². The molecule has 1 saturated carbocycles. The molecular weight excluding hydrogens is 341 g/mol. The van der Waals surface area contributed by atoms with Crippen molar-refractivity contribution in [3.05, 3.63) is 71.7 Å². The Morgan fingerprint density at radius 2 is 1.96 bits per heavy atom. The number of rotatable bonds is 5. The fraction of sp³-hybridized carbons (Fsp3) is 0.273. The number of nitrogens with zero attached hydrogens (tertiary/aromatic N) is 2. The first kappa shape index (κ1) is 17.5. The number of hydrogen-bond donors (Lipinski definition) is 1. The summed E-state index contributed by atoms with van der Waals surface area (Å²) in [6, 6.07) is 14.1. The van der Waals surface area contributed by atoms with Crippen LogP contribution in [0.4, 0.5) is 4.39 Å². The van der Waals surface area contributed by atoms with Gasteiger partial charge in [0, 0.05) is 17.8 Å². The van der Waals surface area contributed by atoms with Crippen LogP contribution in [0.1, 0.15) is 35.7 Å². The van der Waals surface area contributed by atoms with Crippen LogP contribution in [0.25, 0.3) is 16.9 Å². The van der Waals surface area contributed by atoms with Crippen molar-refractivity contribution in [1.82, 2.24) is 15.1 Å². The predicted molar refractivity (Wildman–Crippen MR) is 103 cm³/mol. The number of halogens is 1. The Labute approximate surface area is 158 Å². The summed E-state index contributed by atoms with van der Waals surface area (Å²) in [5.41, 5.74) is 3.85. The minimum absolute atomic E-state index is 0.126. The molecule has 4 nitrogen and oxygen atoms in total. The Kier molecular flexibility index (Phi) is 4.52. The lowest BCUT2D eigenvalue weighted by molar-refractivity contribution is 0.0936. The number of nitrogens with one attached hydrogen (secondary N) is 1. The molecule has 5 heteroatoms. The molecule has 1 heterocycles. The van der Waals surface area contributed by atoms with Crippen LogP contribution in [-0.4, -0.2) is 21.7 Å². The number of carbonyl (C=O) groups is 1. The molecule has 27 heavy (non-hydrogen) atoms. The van der Waals surface area contributed by atoms with Crippen molar-refractivity contribution in [2.24, 2.45) is 5.92 Å². The van der Waals surface area contributed by atoms with Gasteiger partial charge in [-0.25, -0.2) is 9.07 Å². The van der Waals surface area contributed by atoms with Gasteiger partial charge in [-0.05, 0) is 62.9 Å².